The fraction of sp³-hybridized carbons (Fsp3) is 0.741. The number of hydrogen-bond acceptors (Lipinski definition) is 5. The number of anilines is 1. The highest BCUT2D eigenvalue weighted by Crippen LogP contribution is 2.46. The molecule has 3 aliphatic rings. The van der Waals surface area contributed by atoms with E-state index in [2.05, 4.69) is 19.2 Å². The topological polar surface area (TPSA) is 54.0 Å². The third-order valence-electron chi connectivity index (χ3n) is 8.49. The maximum Gasteiger partial charge on any atom is 0.416 e. The number of rotatable bonds is 7. The van der Waals surface area contributed by atoms with Crippen molar-refractivity contribution in [2.75, 3.05) is 58.0 Å². The highest BCUT2D eigenvalue weighted by Gasteiger charge is 2.50. The first kappa shape index (κ1) is 27.2. The van der Waals surface area contributed by atoms with Gasteiger partial charge in [-0.05, 0) is 49.8 Å². The second kappa shape index (κ2) is 11.3. The molecule has 0 unspecified atom stereocenters. The van der Waals surface area contributed by atoms with Gasteiger partial charge in [-0.2, -0.15) is 13.2 Å². The van der Waals surface area contributed by atoms with E-state index in [1.54, 1.807) is 13.2 Å². The lowest BCUT2D eigenvalue weighted by atomic mass is 9.74. The van der Waals surface area contributed by atoms with E-state index in [-0.39, 0.29) is 17.9 Å². The molecule has 0 spiro atoms. The second-order valence-electron chi connectivity index (χ2n) is 10.9. The van der Waals surface area contributed by atoms with Gasteiger partial charge in [-0.25, -0.2) is 0 Å². The van der Waals surface area contributed by atoms with Crippen molar-refractivity contribution in [2.24, 2.45) is 17.3 Å². The quantitative estimate of drug-likeness (QED) is 0.595. The molecule has 6 nitrogen and oxygen atoms in total. The molecular formula is C27H40F3N3O3. The van der Waals surface area contributed by atoms with Crippen LogP contribution in [0.15, 0.2) is 24.3 Å². The molecule has 9 heteroatoms. The number of benzene rings is 1. The van der Waals surface area contributed by atoms with Gasteiger partial charge >= 0.3 is 6.18 Å². The van der Waals surface area contributed by atoms with E-state index in [1.807, 2.05) is 9.80 Å². The van der Waals surface area contributed by atoms with Crippen LogP contribution in [0.2, 0.25) is 0 Å². The zero-order chi connectivity index (χ0) is 25.9. The van der Waals surface area contributed by atoms with Crippen molar-refractivity contribution < 1.29 is 27.4 Å². The van der Waals surface area contributed by atoms with Crippen LogP contribution in [0, 0.1) is 17.3 Å². The van der Waals surface area contributed by atoms with E-state index in [1.165, 1.54) is 12.1 Å². The van der Waals surface area contributed by atoms with E-state index < -0.39 is 17.2 Å². The first-order valence-corrected chi connectivity index (χ1v) is 13.2. The number of alkyl halides is 3. The number of halogens is 3. The Labute approximate surface area is 212 Å². The SMILES string of the molecule is COC[C@H]1COCC[C@H]1N[C@@H]1CC[C@@](C(=O)N2CCN(c3cccc(C(F)(F)F)c3)CC2)(C(C)C)C1. The van der Waals surface area contributed by atoms with Crippen molar-refractivity contribution in [2.45, 2.75) is 57.8 Å². The molecule has 36 heavy (non-hydrogen) atoms. The van der Waals surface area contributed by atoms with E-state index in [0.29, 0.717) is 57.0 Å². The molecule has 1 aliphatic carbocycles. The molecule has 1 amide bonds. The molecule has 1 N–H and O–H groups in total. The van der Waals surface area contributed by atoms with Crippen molar-refractivity contribution in [3.05, 3.63) is 29.8 Å². The molecule has 2 saturated heterocycles. The number of hydrogen-bond donors (Lipinski definition) is 1. The number of nitrogens with zero attached hydrogens (tertiary/aromatic N) is 2. The minimum Gasteiger partial charge on any atom is -0.384 e. The summed E-state index contributed by atoms with van der Waals surface area (Å²) in [5, 5.41) is 3.84. The summed E-state index contributed by atoms with van der Waals surface area (Å²) in [4.78, 5) is 17.8. The Bertz CT molecular complexity index is 887. The highest BCUT2D eigenvalue weighted by molar-refractivity contribution is 5.84. The third kappa shape index (κ3) is 5.83. The van der Waals surface area contributed by atoms with Gasteiger partial charge in [-0.3, -0.25) is 4.79 Å². The number of carbonyl (C=O) groups excluding carboxylic acids is 1. The number of piperazine rings is 1. The molecule has 1 aromatic carbocycles. The first-order chi connectivity index (χ1) is 17.1. The van der Waals surface area contributed by atoms with E-state index in [4.69, 9.17) is 9.47 Å². The predicted octanol–water partition coefficient (Wildman–Crippen LogP) is 4.19. The minimum absolute atomic E-state index is 0.200. The zero-order valence-electron chi connectivity index (χ0n) is 21.7. The molecule has 3 fully saturated rings. The van der Waals surface area contributed by atoms with Crippen molar-refractivity contribution in [3.63, 3.8) is 0 Å². The van der Waals surface area contributed by atoms with Crippen LogP contribution in [0.5, 0.6) is 0 Å². The lowest BCUT2D eigenvalue weighted by Crippen LogP contribution is -2.54. The predicted molar refractivity (Wildman–Crippen MR) is 133 cm³/mol. The molecule has 202 valence electrons. The van der Waals surface area contributed by atoms with E-state index in [9.17, 15) is 18.0 Å². The van der Waals surface area contributed by atoms with Crippen LogP contribution < -0.4 is 10.2 Å². The van der Waals surface area contributed by atoms with Gasteiger partial charge in [0.2, 0.25) is 5.91 Å². The van der Waals surface area contributed by atoms with Gasteiger partial charge in [0.1, 0.15) is 0 Å². The van der Waals surface area contributed by atoms with Crippen LogP contribution in [0.3, 0.4) is 0 Å². The highest BCUT2D eigenvalue weighted by atomic mass is 19.4. The molecule has 2 aliphatic heterocycles. The van der Waals surface area contributed by atoms with Gasteiger partial charge in [0.05, 0.1) is 24.2 Å². The number of methoxy groups -OCH3 is 1. The molecule has 0 bridgehead atoms. The second-order valence-corrected chi connectivity index (χ2v) is 10.9. The zero-order valence-corrected chi connectivity index (χ0v) is 21.7. The van der Waals surface area contributed by atoms with Crippen molar-refractivity contribution in [1.29, 1.82) is 0 Å². The standard InChI is InChI=1S/C27H40F3N3O3/c1-19(2)26(9-7-22(16-26)31-24-8-14-36-18-20(24)17-35-3)25(34)33-12-10-32(11-13-33)23-6-4-5-21(15-23)27(28,29)30/h4-6,15,19-20,22,24,31H,7-14,16-18H2,1-3H3/t20-,22+,24+,26-/m0/s1. The summed E-state index contributed by atoms with van der Waals surface area (Å²) < 4.78 is 50.5. The summed E-state index contributed by atoms with van der Waals surface area (Å²) >= 11 is 0. The number of nitrogens with one attached hydrogen (secondary N) is 1. The molecule has 1 saturated carbocycles. The van der Waals surface area contributed by atoms with Gasteiger partial charge in [0.15, 0.2) is 0 Å². The Balaban J connectivity index is 1.38. The van der Waals surface area contributed by atoms with Crippen LogP contribution in [-0.4, -0.2) is 76.0 Å². The average Bonchev–Trinajstić information content (AvgIpc) is 3.30. The maximum absolute atomic E-state index is 13.9. The molecule has 4 atom stereocenters. The number of carbonyl (C=O) groups is 1. The van der Waals surface area contributed by atoms with Crippen LogP contribution in [-0.2, 0) is 20.4 Å². The van der Waals surface area contributed by atoms with E-state index >= 15 is 0 Å². The Morgan fingerprint density at radius 1 is 1.22 bits per heavy atom. The van der Waals surface area contributed by atoms with Gasteiger partial charge in [-0.15, -0.1) is 0 Å². The van der Waals surface area contributed by atoms with Gasteiger partial charge in [-0.1, -0.05) is 19.9 Å². The summed E-state index contributed by atoms with van der Waals surface area (Å²) in [5.74, 6) is 0.728. The number of amides is 1. The smallest absolute Gasteiger partial charge is 0.384 e. The summed E-state index contributed by atoms with van der Waals surface area (Å²) in [7, 11) is 1.72. The Morgan fingerprint density at radius 2 is 1.97 bits per heavy atom. The molecule has 4 rings (SSSR count). The average molecular weight is 512 g/mol. The third-order valence-corrected chi connectivity index (χ3v) is 8.49. The molecule has 1 aromatic rings. The maximum atomic E-state index is 13.9. The van der Waals surface area contributed by atoms with Gasteiger partial charge in [0.25, 0.3) is 0 Å². The van der Waals surface area contributed by atoms with Crippen molar-refractivity contribution in [1.82, 2.24) is 10.2 Å². The molecule has 0 radical (unpaired) electrons. The summed E-state index contributed by atoms with van der Waals surface area (Å²) in [6, 6.07) is 6.07. The Kier molecular flexibility index (Phi) is 8.52. The minimum atomic E-state index is -4.36. The molecule has 2 heterocycles. The van der Waals surface area contributed by atoms with Crippen LogP contribution in [0.1, 0.15) is 45.1 Å². The monoisotopic (exact) mass is 511 g/mol. The van der Waals surface area contributed by atoms with Gasteiger partial charge < -0.3 is 24.6 Å². The Morgan fingerprint density at radius 3 is 2.64 bits per heavy atom. The van der Waals surface area contributed by atoms with Crippen LogP contribution >= 0.6 is 0 Å². The summed E-state index contributed by atoms with van der Waals surface area (Å²) in [6.45, 7) is 8.50. The fourth-order valence-corrected chi connectivity index (χ4v) is 6.24. The normalized spacial score (nSPS) is 29.7. The Hall–Kier alpha value is -1.84. The largest absolute Gasteiger partial charge is 0.416 e. The molecular weight excluding hydrogens is 471 g/mol. The van der Waals surface area contributed by atoms with Gasteiger partial charge in [0, 0.05) is 63.6 Å². The summed E-state index contributed by atoms with van der Waals surface area (Å²) in [5.41, 5.74) is -0.487. The molecule has 0 aromatic heterocycles. The fourth-order valence-electron chi connectivity index (χ4n) is 6.24. The van der Waals surface area contributed by atoms with Crippen LogP contribution in [0.4, 0.5) is 18.9 Å². The lowest BCUT2D eigenvalue weighted by molar-refractivity contribution is -0.145. The van der Waals surface area contributed by atoms with Crippen molar-refractivity contribution >= 4 is 11.6 Å². The first-order valence-electron chi connectivity index (χ1n) is 13.2. The lowest BCUT2D eigenvalue weighted by Gasteiger charge is -2.42. The van der Waals surface area contributed by atoms with E-state index in [0.717, 1.165) is 38.4 Å². The van der Waals surface area contributed by atoms with Crippen molar-refractivity contribution in [3.8, 4) is 0 Å². The number of ether oxygens (including phenoxy) is 2. The summed E-state index contributed by atoms with van der Waals surface area (Å²) in [6.07, 6.45) is -0.782. The van der Waals surface area contributed by atoms with Crippen LogP contribution in [0.25, 0.3) is 0 Å².